The minimum absolute atomic E-state index is 0. The molecule has 0 radical (unpaired) electrons. The van der Waals surface area contributed by atoms with Gasteiger partial charge >= 0.3 is 6.09 Å². The quantitative estimate of drug-likeness (QED) is 0.0679. The third-order valence-electron chi connectivity index (χ3n) is 10.7. The van der Waals surface area contributed by atoms with E-state index in [9.17, 15) is 14.4 Å². The number of imide groups is 1. The SMILES string of the molecule is O=C(OC[N+]1(CCCCN2C(=O)C3CCCCC3C2=O)CCN(c2nsc3ccccc23)CC1)N(Cc1ccccc1)Cc1ccccc1.[CH3-]. The van der Waals surface area contributed by atoms with Gasteiger partial charge in [0.1, 0.15) is 0 Å². The number of hydrogen-bond acceptors (Lipinski definition) is 7. The molecule has 1 saturated carbocycles. The molecule has 0 spiro atoms. The fourth-order valence-electron chi connectivity index (χ4n) is 7.86. The zero-order valence-electron chi connectivity index (χ0n) is 29.1. The van der Waals surface area contributed by atoms with Crippen molar-refractivity contribution in [2.75, 3.05) is 50.9 Å². The number of hydrogen-bond donors (Lipinski definition) is 0. The summed E-state index contributed by atoms with van der Waals surface area (Å²) in [7, 11) is 0. The van der Waals surface area contributed by atoms with Crippen LogP contribution in [0, 0.1) is 19.3 Å². The highest BCUT2D eigenvalue weighted by Crippen LogP contribution is 2.38. The molecule has 7 rings (SSSR count). The number of nitrogens with zero attached hydrogens (tertiary/aromatic N) is 5. The molecule has 2 unspecified atom stereocenters. The Hall–Kier alpha value is -4.28. The Balaban J connectivity index is 0.00000432. The predicted molar refractivity (Wildman–Crippen MR) is 198 cm³/mol. The van der Waals surface area contributed by atoms with Crippen molar-refractivity contribution >= 4 is 45.3 Å². The predicted octanol–water partition coefficient (Wildman–Crippen LogP) is 7.14. The zero-order chi connectivity index (χ0) is 33.6. The third kappa shape index (κ3) is 7.87. The largest absolute Gasteiger partial charge is 0.414 e. The fraction of sp³-hybridized carbons (Fsp3) is 0.425. The van der Waals surface area contributed by atoms with Crippen LogP contribution in [0.1, 0.15) is 49.7 Å². The van der Waals surface area contributed by atoms with E-state index in [1.165, 1.54) is 21.6 Å². The Bertz CT molecular complexity index is 1670. The van der Waals surface area contributed by atoms with Crippen LogP contribution in [0.5, 0.6) is 0 Å². The average molecular weight is 696 g/mol. The van der Waals surface area contributed by atoms with Crippen molar-refractivity contribution in [2.24, 2.45) is 11.8 Å². The van der Waals surface area contributed by atoms with E-state index >= 15 is 0 Å². The van der Waals surface area contributed by atoms with Gasteiger partial charge in [-0.3, -0.25) is 23.9 Å². The van der Waals surface area contributed by atoms with Crippen LogP contribution in [0.4, 0.5) is 10.6 Å². The molecular weight excluding hydrogens is 647 g/mol. The van der Waals surface area contributed by atoms with Gasteiger partial charge in [0, 0.05) is 25.0 Å². The maximum atomic E-state index is 13.8. The monoisotopic (exact) mass is 695 g/mol. The first kappa shape index (κ1) is 35.5. The summed E-state index contributed by atoms with van der Waals surface area (Å²) in [6, 6.07) is 28.4. The van der Waals surface area contributed by atoms with Crippen LogP contribution in [-0.2, 0) is 27.4 Å². The molecule has 50 heavy (non-hydrogen) atoms. The maximum Gasteiger partial charge on any atom is 0.414 e. The molecule has 0 N–H and O–H groups in total. The highest BCUT2D eigenvalue weighted by Gasteiger charge is 2.47. The summed E-state index contributed by atoms with van der Waals surface area (Å²) in [6.07, 6.45) is 5.01. The first-order valence-electron chi connectivity index (χ1n) is 17.8. The molecule has 1 aliphatic carbocycles. The van der Waals surface area contributed by atoms with Crippen LogP contribution in [0.25, 0.3) is 10.1 Å². The Morgan fingerprint density at radius 3 is 2.02 bits per heavy atom. The number of ether oxygens (including phenoxy) is 1. The number of piperazine rings is 1. The second-order valence-electron chi connectivity index (χ2n) is 13.9. The van der Waals surface area contributed by atoms with Crippen molar-refractivity contribution in [3.05, 3.63) is 103 Å². The standard InChI is InChI=1S/C39H46N5O4S.CH3/c45-37-32-17-7-8-18-33(32)38(46)43(37)21-11-12-24-44(25-22-41(23-26-44)36-34-19-9-10-20-35(34)49-40-36)29-48-39(47)42(27-30-13-3-1-4-14-30)28-31-15-5-2-6-16-31;/h1-6,9-10,13-16,19-20,32-33H,7-8,11-12,17-18,21-29H2;1H3/q+1;-1. The molecule has 4 aromatic rings. The van der Waals surface area contributed by atoms with Gasteiger partial charge in [-0.15, -0.1) is 0 Å². The average Bonchev–Trinajstić information content (AvgIpc) is 3.68. The van der Waals surface area contributed by atoms with Crippen LogP contribution in [0.3, 0.4) is 0 Å². The number of anilines is 1. The van der Waals surface area contributed by atoms with Crippen molar-refractivity contribution in [1.29, 1.82) is 0 Å². The number of unbranched alkanes of at least 4 members (excludes halogenated alkanes) is 1. The molecule has 0 bridgehead atoms. The Morgan fingerprint density at radius 2 is 1.40 bits per heavy atom. The molecule has 1 aromatic heterocycles. The smallest absolute Gasteiger partial charge is 0.399 e. The van der Waals surface area contributed by atoms with Gasteiger partial charge in [-0.1, -0.05) is 85.6 Å². The highest BCUT2D eigenvalue weighted by molar-refractivity contribution is 7.13. The van der Waals surface area contributed by atoms with E-state index in [-0.39, 0.29) is 43.9 Å². The summed E-state index contributed by atoms with van der Waals surface area (Å²) in [4.78, 5) is 45.7. The number of likely N-dealkylation sites (tertiary alicyclic amines) is 1. The summed E-state index contributed by atoms with van der Waals surface area (Å²) in [6.45, 7) is 5.69. The van der Waals surface area contributed by atoms with E-state index < -0.39 is 0 Å². The lowest BCUT2D eigenvalue weighted by molar-refractivity contribution is -0.944. The Morgan fingerprint density at radius 1 is 0.820 bits per heavy atom. The van der Waals surface area contributed by atoms with Crippen molar-refractivity contribution in [1.82, 2.24) is 14.2 Å². The van der Waals surface area contributed by atoms with E-state index in [4.69, 9.17) is 9.11 Å². The van der Waals surface area contributed by atoms with E-state index in [1.807, 2.05) is 66.7 Å². The van der Waals surface area contributed by atoms with Gasteiger partial charge in [0.05, 0.1) is 49.3 Å². The van der Waals surface area contributed by atoms with Gasteiger partial charge in [-0.25, -0.2) is 4.79 Å². The van der Waals surface area contributed by atoms with Crippen molar-refractivity contribution < 1.29 is 23.6 Å². The van der Waals surface area contributed by atoms with Crippen LogP contribution < -0.4 is 4.90 Å². The fourth-order valence-corrected chi connectivity index (χ4v) is 8.66. The normalized spacial score (nSPS) is 20.0. The number of aromatic nitrogens is 1. The van der Waals surface area contributed by atoms with Gasteiger partial charge < -0.3 is 17.1 Å². The number of carbonyl (C=O) groups excluding carboxylic acids is 3. The molecule has 2 atom stereocenters. The van der Waals surface area contributed by atoms with Gasteiger partial charge in [0.25, 0.3) is 0 Å². The highest BCUT2D eigenvalue weighted by atomic mass is 32.1. The van der Waals surface area contributed by atoms with Crippen LogP contribution in [0.15, 0.2) is 84.9 Å². The second kappa shape index (κ2) is 16.2. The lowest BCUT2D eigenvalue weighted by Crippen LogP contribution is -2.61. The molecule has 264 valence electrons. The van der Waals surface area contributed by atoms with Gasteiger partial charge in [0.2, 0.25) is 18.5 Å². The topological polar surface area (TPSA) is 83.0 Å². The van der Waals surface area contributed by atoms with Crippen molar-refractivity contribution in [2.45, 2.75) is 51.6 Å². The molecule has 10 heteroatoms. The summed E-state index contributed by atoms with van der Waals surface area (Å²) in [5.74, 6) is 0.883. The molecule has 2 saturated heterocycles. The summed E-state index contributed by atoms with van der Waals surface area (Å²) >= 11 is 1.53. The molecule has 3 heterocycles. The van der Waals surface area contributed by atoms with E-state index in [1.54, 1.807) is 9.80 Å². The van der Waals surface area contributed by atoms with Crippen LogP contribution in [-0.4, -0.2) is 82.6 Å². The first-order chi connectivity index (χ1) is 24.0. The van der Waals surface area contributed by atoms with Gasteiger partial charge in [-0.05, 0) is 60.5 Å². The van der Waals surface area contributed by atoms with E-state index in [0.29, 0.717) is 24.1 Å². The van der Waals surface area contributed by atoms with Crippen molar-refractivity contribution in [3.8, 4) is 0 Å². The Labute approximate surface area is 300 Å². The molecule has 3 fully saturated rings. The third-order valence-corrected chi connectivity index (χ3v) is 11.5. The molecular formula is C40H49N5O4S. The number of amides is 3. The molecule has 3 aliphatic rings. The summed E-state index contributed by atoms with van der Waals surface area (Å²) < 4.78 is 12.9. The molecule has 3 aromatic carbocycles. The minimum Gasteiger partial charge on any atom is -0.399 e. The van der Waals surface area contributed by atoms with Gasteiger partial charge in [0.15, 0.2) is 5.82 Å². The van der Waals surface area contributed by atoms with Crippen molar-refractivity contribution in [3.63, 3.8) is 0 Å². The van der Waals surface area contributed by atoms with Crippen LogP contribution in [0.2, 0.25) is 0 Å². The molecule has 2 aliphatic heterocycles. The Kier molecular flexibility index (Phi) is 11.5. The lowest BCUT2D eigenvalue weighted by atomic mass is 9.81. The van der Waals surface area contributed by atoms with E-state index in [2.05, 4.69) is 23.1 Å². The number of rotatable bonds is 12. The minimum atomic E-state index is -0.325. The number of quaternary nitrogens is 1. The first-order valence-corrected chi connectivity index (χ1v) is 18.6. The van der Waals surface area contributed by atoms with Crippen LogP contribution >= 0.6 is 11.5 Å². The molecule has 3 amide bonds. The molecule has 9 nitrogen and oxygen atoms in total. The summed E-state index contributed by atoms with van der Waals surface area (Å²) in [5, 5.41) is 1.18. The maximum absolute atomic E-state index is 13.8. The zero-order valence-corrected chi connectivity index (χ0v) is 29.9. The number of carbonyl (C=O) groups is 3. The van der Waals surface area contributed by atoms with Gasteiger partial charge in [-0.2, -0.15) is 4.37 Å². The van der Waals surface area contributed by atoms with E-state index in [0.717, 1.165) is 88.2 Å². The number of benzene rings is 3. The number of fused-ring (bicyclic) bond motifs is 2. The second-order valence-corrected chi connectivity index (χ2v) is 14.7. The lowest BCUT2D eigenvalue weighted by Gasteiger charge is -2.44. The summed E-state index contributed by atoms with van der Waals surface area (Å²) in [5.41, 5.74) is 2.10.